The second-order valence-electron chi connectivity index (χ2n) is 7.73. The number of aliphatic hydroxyl groups excluding tert-OH is 1. The molecule has 0 amide bonds. The van der Waals surface area contributed by atoms with E-state index in [1.54, 1.807) is 0 Å². The highest BCUT2D eigenvalue weighted by molar-refractivity contribution is 5.61. The molecule has 0 saturated carbocycles. The molecule has 1 aliphatic rings. The fourth-order valence-corrected chi connectivity index (χ4v) is 3.57. The zero-order chi connectivity index (χ0) is 19.5. The van der Waals surface area contributed by atoms with E-state index in [-0.39, 0.29) is 12.1 Å². The summed E-state index contributed by atoms with van der Waals surface area (Å²) >= 11 is 0. The van der Waals surface area contributed by atoms with E-state index in [0.717, 1.165) is 35.8 Å². The zero-order valence-corrected chi connectivity index (χ0v) is 16.4. The first-order chi connectivity index (χ1) is 13.6. The first-order valence-corrected chi connectivity index (χ1v) is 9.92. The molecule has 0 spiro atoms. The van der Waals surface area contributed by atoms with Crippen molar-refractivity contribution in [3.05, 3.63) is 53.7 Å². The smallest absolute Gasteiger partial charge is 0.163 e. The summed E-state index contributed by atoms with van der Waals surface area (Å²) in [6.07, 6.45) is 2.41. The second-order valence-corrected chi connectivity index (χ2v) is 7.73. The molecule has 28 heavy (non-hydrogen) atoms. The van der Waals surface area contributed by atoms with Crippen LogP contribution in [-0.4, -0.2) is 44.9 Å². The van der Waals surface area contributed by atoms with Crippen LogP contribution in [0.25, 0.3) is 5.65 Å². The predicted octanol–water partition coefficient (Wildman–Crippen LogP) is 2.60. The van der Waals surface area contributed by atoms with Crippen molar-refractivity contribution in [2.45, 2.75) is 44.9 Å². The maximum Gasteiger partial charge on any atom is 0.163 e. The summed E-state index contributed by atoms with van der Waals surface area (Å²) in [5, 5.41) is 24.5. The van der Waals surface area contributed by atoms with E-state index in [2.05, 4.69) is 47.0 Å². The van der Waals surface area contributed by atoms with Gasteiger partial charge in [0.25, 0.3) is 0 Å². The van der Waals surface area contributed by atoms with Crippen molar-refractivity contribution in [1.29, 1.82) is 0 Å². The lowest BCUT2D eigenvalue weighted by atomic mass is 10.1. The summed E-state index contributed by atoms with van der Waals surface area (Å²) in [7, 11) is 0. The van der Waals surface area contributed by atoms with E-state index in [1.165, 1.54) is 5.56 Å². The predicted molar refractivity (Wildman–Crippen MR) is 112 cm³/mol. The Bertz CT molecular complexity index is 923. The van der Waals surface area contributed by atoms with Crippen molar-refractivity contribution < 1.29 is 5.11 Å². The van der Waals surface area contributed by atoms with Crippen molar-refractivity contribution >= 4 is 17.3 Å². The monoisotopic (exact) mass is 380 g/mol. The Hall–Kier alpha value is -2.64. The topological polar surface area (TPSA) is 86.5 Å². The molecule has 2 aromatic heterocycles. The molecule has 0 unspecified atom stereocenters. The third-order valence-electron chi connectivity index (χ3n) is 5.17. The minimum atomic E-state index is -0.257. The molecule has 3 aromatic rings. The van der Waals surface area contributed by atoms with Gasteiger partial charge in [-0.2, -0.15) is 9.61 Å². The average Bonchev–Trinajstić information content (AvgIpc) is 3.31. The van der Waals surface area contributed by atoms with Gasteiger partial charge in [0.1, 0.15) is 11.6 Å². The van der Waals surface area contributed by atoms with Gasteiger partial charge in [-0.05, 0) is 17.9 Å². The number of rotatable bonds is 7. The SMILES string of the molecule is CC(C)c1cnn2c(NCc3ccccc3)cc(NC[C@@H]3C[C@@H](O)CN3)nc12. The lowest BCUT2D eigenvalue weighted by molar-refractivity contribution is 0.193. The van der Waals surface area contributed by atoms with Crippen LogP contribution in [0.4, 0.5) is 11.6 Å². The van der Waals surface area contributed by atoms with Gasteiger partial charge in [0.05, 0.1) is 12.3 Å². The van der Waals surface area contributed by atoms with Crippen LogP contribution in [0.2, 0.25) is 0 Å². The fourth-order valence-electron chi connectivity index (χ4n) is 3.57. The first-order valence-electron chi connectivity index (χ1n) is 9.92. The number of β-amino-alcohol motifs (C(OH)–C–C–N with tert-alkyl or cyclic N) is 1. The Morgan fingerprint density at radius 1 is 1.25 bits per heavy atom. The number of nitrogens with one attached hydrogen (secondary N) is 3. The van der Waals surface area contributed by atoms with Gasteiger partial charge in [-0.25, -0.2) is 4.98 Å². The Morgan fingerprint density at radius 2 is 2.07 bits per heavy atom. The van der Waals surface area contributed by atoms with E-state index >= 15 is 0 Å². The van der Waals surface area contributed by atoms with Crippen molar-refractivity contribution in [2.75, 3.05) is 23.7 Å². The van der Waals surface area contributed by atoms with Crippen LogP contribution in [0.5, 0.6) is 0 Å². The van der Waals surface area contributed by atoms with Gasteiger partial charge in [0, 0.05) is 37.3 Å². The minimum absolute atomic E-state index is 0.253. The molecule has 1 aromatic carbocycles. The number of fused-ring (bicyclic) bond motifs is 1. The molecule has 1 saturated heterocycles. The average molecular weight is 380 g/mol. The molecule has 4 N–H and O–H groups in total. The van der Waals surface area contributed by atoms with Crippen molar-refractivity contribution in [3.8, 4) is 0 Å². The molecule has 0 aliphatic carbocycles. The number of anilines is 2. The third kappa shape index (κ3) is 4.10. The van der Waals surface area contributed by atoms with Gasteiger partial charge < -0.3 is 21.1 Å². The van der Waals surface area contributed by atoms with Gasteiger partial charge in [-0.3, -0.25) is 0 Å². The standard InChI is InChI=1S/C21H28N6O/c1-14(2)18-13-25-27-20(24-10-15-6-4-3-5-7-15)9-19(26-21(18)27)23-11-16-8-17(28)12-22-16/h3-7,9,13-14,16-17,22,24,28H,8,10-12H2,1-2H3,(H,23,26)/t16-,17+/m0/s1. The molecule has 1 aliphatic heterocycles. The van der Waals surface area contributed by atoms with Crippen LogP contribution in [0, 0.1) is 0 Å². The second kappa shape index (κ2) is 8.16. The molecule has 7 nitrogen and oxygen atoms in total. The third-order valence-corrected chi connectivity index (χ3v) is 5.17. The Morgan fingerprint density at radius 3 is 2.79 bits per heavy atom. The van der Waals surface area contributed by atoms with E-state index in [0.29, 0.717) is 19.0 Å². The molecular formula is C21H28N6O. The Balaban J connectivity index is 1.58. The Kier molecular flexibility index (Phi) is 5.45. The summed E-state index contributed by atoms with van der Waals surface area (Å²) in [5.74, 6) is 2.06. The highest BCUT2D eigenvalue weighted by Gasteiger charge is 2.22. The molecule has 0 bridgehead atoms. The van der Waals surface area contributed by atoms with E-state index in [9.17, 15) is 5.11 Å². The van der Waals surface area contributed by atoms with Gasteiger partial charge in [0.15, 0.2) is 5.65 Å². The molecule has 1 fully saturated rings. The fraction of sp³-hybridized carbons (Fsp3) is 0.429. The minimum Gasteiger partial charge on any atom is -0.392 e. The number of nitrogens with zero attached hydrogens (tertiary/aromatic N) is 3. The van der Waals surface area contributed by atoms with Gasteiger partial charge in [-0.1, -0.05) is 44.2 Å². The van der Waals surface area contributed by atoms with Crippen LogP contribution in [0.3, 0.4) is 0 Å². The van der Waals surface area contributed by atoms with Crippen molar-refractivity contribution in [2.24, 2.45) is 0 Å². The molecule has 3 heterocycles. The summed E-state index contributed by atoms with van der Waals surface area (Å²) < 4.78 is 1.88. The highest BCUT2D eigenvalue weighted by Crippen LogP contribution is 2.24. The van der Waals surface area contributed by atoms with Crippen LogP contribution >= 0.6 is 0 Å². The zero-order valence-electron chi connectivity index (χ0n) is 16.4. The van der Waals surface area contributed by atoms with Crippen molar-refractivity contribution in [3.63, 3.8) is 0 Å². The van der Waals surface area contributed by atoms with E-state index in [1.807, 2.05) is 35.0 Å². The molecule has 0 radical (unpaired) electrons. The number of aromatic nitrogens is 3. The van der Waals surface area contributed by atoms with Crippen LogP contribution in [0.15, 0.2) is 42.6 Å². The normalized spacial score (nSPS) is 19.4. The largest absolute Gasteiger partial charge is 0.392 e. The van der Waals surface area contributed by atoms with Crippen LogP contribution in [0.1, 0.15) is 37.3 Å². The Labute approximate surface area is 165 Å². The summed E-state index contributed by atoms with van der Waals surface area (Å²) in [6, 6.07) is 12.6. The van der Waals surface area contributed by atoms with Gasteiger partial charge in [0.2, 0.25) is 0 Å². The van der Waals surface area contributed by atoms with Crippen LogP contribution in [-0.2, 0) is 6.54 Å². The van der Waals surface area contributed by atoms with E-state index in [4.69, 9.17) is 4.98 Å². The maximum atomic E-state index is 9.70. The lowest BCUT2D eigenvalue weighted by Crippen LogP contribution is -2.29. The lowest BCUT2D eigenvalue weighted by Gasteiger charge is -2.15. The van der Waals surface area contributed by atoms with Crippen molar-refractivity contribution in [1.82, 2.24) is 19.9 Å². The van der Waals surface area contributed by atoms with Gasteiger partial charge in [-0.15, -0.1) is 0 Å². The quantitative estimate of drug-likeness (QED) is 0.504. The molecule has 7 heteroatoms. The summed E-state index contributed by atoms with van der Waals surface area (Å²) in [6.45, 7) is 6.40. The first kappa shape index (κ1) is 18.7. The molecule has 2 atom stereocenters. The molecule has 148 valence electrons. The number of hydrogen-bond donors (Lipinski definition) is 4. The van der Waals surface area contributed by atoms with Gasteiger partial charge >= 0.3 is 0 Å². The highest BCUT2D eigenvalue weighted by atomic mass is 16.3. The number of benzene rings is 1. The van der Waals surface area contributed by atoms with Crippen LogP contribution < -0.4 is 16.0 Å². The summed E-state index contributed by atoms with van der Waals surface area (Å²) in [4.78, 5) is 4.81. The van der Waals surface area contributed by atoms with E-state index < -0.39 is 0 Å². The maximum absolute atomic E-state index is 9.70. The number of aliphatic hydroxyl groups is 1. The summed E-state index contributed by atoms with van der Waals surface area (Å²) in [5.41, 5.74) is 3.21. The molecule has 4 rings (SSSR count). The molecular weight excluding hydrogens is 352 g/mol. The number of hydrogen-bond acceptors (Lipinski definition) is 6.